The first-order chi connectivity index (χ1) is 8.00. The minimum Gasteiger partial charge on any atom is -0.481 e. The van der Waals surface area contributed by atoms with Crippen LogP contribution in [0.25, 0.3) is 0 Å². The van der Waals surface area contributed by atoms with Crippen molar-refractivity contribution in [3.8, 4) is 0 Å². The Morgan fingerprint density at radius 2 is 2.06 bits per heavy atom. The molecule has 0 aromatic carbocycles. The van der Waals surface area contributed by atoms with E-state index in [9.17, 15) is 9.59 Å². The van der Waals surface area contributed by atoms with E-state index in [4.69, 9.17) is 5.11 Å². The van der Waals surface area contributed by atoms with Gasteiger partial charge in [0, 0.05) is 13.6 Å². The lowest BCUT2D eigenvalue weighted by Crippen LogP contribution is -2.36. The Balaban J connectivity index is 2.50. The molecule has 0 saturated heterocycles. The van der Waals surface area contributed by atoms with Gasteiger partial charge in [0.2, 0.25) is 0 Å². The smallest absolute Gasteiger partial charge is 0.321 e. The van der Waals surface area contributed by atoms with Crippen LogP contribution in [0, 0.1) is 5.92 Å². The number of urea groups is 1. The van der Waals surface area contributed by atoms with E-state index in [2.05, 4.69) is 15.3 Å². The zero-order valence-electron chi connectivity index (χ0n) is 9.62. The van der Waals surface area contributed by atoms with Crippen molar-refractivity contribution in [1.82, 2.24) is 14.9 Å². The Morgan fingerprint density at radius 1 is 1.47 bits per heavy atom. The van der Waals surface area contributed by atoms with E-state index in [1.807, 2.05) is 0 Å². The number of aliphatic carboxylic acids is 1. The zero-order chi connectivity index (χ0) is 12.8. The van der Waals surface area contributed by atoms with Crippen LogP contribution in [0.5, 0.6) is 0 Å². The van der Waals surface area contributed by atoms with Gasteiger partial charge in [-0.25, -0.2) is 14.8 Å². The first kappa shape index (κ1) is 12.9. The number of carbonyl (C=O) groups is 2. The molecule has 0 saturated carbocycles. The second-order valence-electron chi connectivity index (χ2n) is 3.68. The summed E-state index contributed by atoms with van der Waals surface area (Å²) < 4.78 is 0. The molecule has 0 aliphatic rings. The van der Waals surface area contributed by atoms with Crippen molar-refractivity contribution in [1.29, 1.82) is 0 Å². The molecule has 1 aromatic rings. The molecule has 1 unspecified atom stereocenters. The number of carbonyl (C=O) groups excluding carboxylic acids is 1. The third kappa shape index (κ3) is 4.06. The summed E-state index contributed by atoms with van der Waals surface area (Å²) in [6, 6.07) is -0.395. The molecule has 1 atom stereocenters. The standard InChI is InChI=1S/C10H14N4O3/c1-7(9(15)16)5-14(2)10(17)13-8-3-11-6-12-4-8/h3-4,6-7H,5H2,1-2H3,(H,13,17)(H,15,16). The fourth-order valence-electron chi connectivity index (χ4n) is 1.15. The average Bonchev–Trinajstić information content (AvgIpc) is 2.29. The third-order valence-corrected chi connectivity index (χ3v) is 2.13. The Morgan fingerprint density at radius 3 is 2.59 bits per heavy atom. The fourth-order valence-corrected chi connectivity index (χ4v) is 1.15. The van der Waals surface area contributed by atoms with E-state index in [0.29, 0.717) is 5.69 Å². The van der Waals surface area contributed by atoms with Gasteiger partial charge in [-0.05, 0) is 0 Å². The number of hydrogen-bond donors (Lipinski definition) is 2. The Kier molecular flexibility index (Phi) is 4.38. The molecule has 0 aliphatic heterocycles. The van der Waals surface area contributed by atoms with Crippen LogP contribution in [-0.4, -0.2) is 45.6 Å². The normalized spacial score (nSPS) is 11.6. The summed E-state index contributed by atoms with van der Waals surface area (Å²) in [5.74, 6) is -1.55. The number of nitrogens with zero attached hydrogens (tertiary/aromatic N) is 3. The number of anilines is 1. The summed E-state index contributed by atoms with van der Waals surface area (Å²) in [5.41, 5.74) is 0.465. The van der Waals surface area contributed by atoms with Gasteiger partial charge in [0.25, 0.3) is 0 Å². The van der Waals surface area contributed by atoms with Gasteiger partial charge in [-0.15, -0.1) is 0 Å². The van der Waals surface area contributed by atoms with Crippen LogP contribution in [0.1, 0.15) is 6.92 Å². The highest BCUT2D eigenvalue weighted by atomic mass is 16.4. The van der Waals surface area contributed by atoms with Crippen molar-refractivity contribution in [3.63, 3.8) is 0 Å². The van der Waals surface area contributed by atoms with Gasteiger partial charge in [0.1, 0.15) is 6.33 Å². The lowest BCUT2D eigenvalue weighted by Gasteiger charge is -2.19. The summed E-state index contributed by atoms with van der Waals surface area (Å²) in [6.45, 7) is 1.67. The fraction of sp³-hybridized carbons (Fsp3) is 0.400. The molecule has 92 valence electrons. The minimum absolute atomic E-state index is 0.134. The lowest BCUT2D eigenvalue weighted by molar-refractivity contribution is -0.141. The highest BCUT2D eigenvalue weighted by Crippen LogP contribution is 2.04. The predicted molar refractivity (Wildman–Crippen MR) is 60.5 cm³/mol. The quantitative estimate of drug-likeness (QED) is 0.803. The summed E-state index contributed by atoms with van der Waals surface area (Å²) in [6.07, 6.45) is 4.27. The van der Waals surface area contributed by atoms with Crippen LogP contribution in [0.4, 0.5) is 10.5 Å². The van der Waals surface area contributed by atoms with Crippen molar-refractivity contribution in [2.24, 2.45) is 5.92 Å². The molecule has 0 bridgehead atoms. The van der Waals surface area contributed by atoms with E-state index < -0.39 is 17.9 Å². The Labute approximate surface area is 98.5 Å². The van der Waals surface area contributed by atoms with Gasteiger partial charge < -0.3 is 15.3 Å². The number of carboxylic acids is 1. The highest BCUT2D eigenvalue weighted by Gasteiger charge is 2.17. The second kappa shape index (κ2) is 5.78. The SMILES string of the molecule is CC(CN(C)C(=O)Nc1cncnc1)C(=O)O. The average molecular weight is 238 g/mol. The Hall–Kier alpha value is -2.18. The zero-order valence-corrected chi connectivity index (χ0v) is 9.62. The van der Waals surface area contributed by atoms with Crippen LogP contribution in [-0.2, 0) is 4.79 Å². The maximum Gasteiger partial charge on any atom is 0.321 e. The molecule has 2 amide bonds. The molecule has 0 fully saturated rings. The minimum atomic E-state index is -0.937. The molecule has 7 heteroatoms. The molecule has 1 heterocycles. The number of rotatable bonds is 4. The van der Waals surface area contributed by atoms with Crippen molar-refractivity contribution in [3.05, 3.63) is 18.7 Å². The van der Waals surface area contributed by atoms with Crippen LogP contribution in [0.2, 0.25) is 0 Å². The summed E-state index contributed by atoms with van der Waals surface area (Å²) >= 11 is 0. The number of nitrogens with one attached hydrogen (secondary N) is 1. The van der Waals surface area contributed by atoms with Gasteiger partial charge in [-0.3, -0.25) is 4.79 Å². The number of carboxylic acid groups (broad SMARTS) is 1. The summed E-state index contributed by atoms with van der Waals surface area (Å²) in [7, 11) is 1.53. The number of amides is 2. The molecule has 1 rings (SSSR count). The van der Waals surface area contributed by atoms with E-state index >= 15 is 0 Å². The topological polar surface area (TPSA) is 95.4 Å². The van der Waals surface area contributed by atoms with E-state index in [0.717, 1.165) is 0 Å². The van der Waals surface area contributed by atoms with Crippen molar-refractivity contribution < 1.29 is 14.7 Å². The molecular weight excluding hydrogens is 224 g/mol. The predicted octanol–water partition coefficient (Wildman–Crippen LogP) is 0.661. The molecular formula is C10H14N4O3. The summed E-state index contributed by atoms with van der Waals surface area (Å²) in [5, 5.41) is 11.3. The van der Waals surface area contributed by atoms with Gasteiger partial charge in [0.15, 0.2) is 0 Å². The second-order valence-corrected chi connectivity index (χ2v) is 3.68. The maximum atomic E-state index is 11.6. The van der Waals surface area contributed by atoms with Gasteiger partial charge >= 0.3 is 12.0 Å². The molecule has 17 heavy (non-hydrogen) atoms. The molecule has 0 spiro atoms. The summed E-state index contributed by atoms with van der Waals surface area (Å²) in [4.78, 5) is 31.1. The van der Waals surface area contributed by atoms with E-state index in [1.165, 1.54) is 37.6 Å². The molecule has 0 radical (unpaired) electrons. The van der Waals surface area contributed by atoms with Crippen LogP contribution < -0.4 is 5.32 Å². The molecule has 1 aromatic heterocycles. The van der Waals surface area contributed by atoms with E-state index in [-0.39, 0.29) is 6.54 Å². The van der Waals surface area contributed by atoms with Crippen molar-refractivity contribution in [2.45, 2.75) is 6.92 Å². The lowest BCUT2D eigenvalue weighted by atomic mass is 10.2. The van der Waals surface area contributed by atoms with Crippen molar-refractivity contribution >= 4 is 17.7 Å². The first-order valence-corrected chi connectivity index (χ1v) is 5.00. The van der Waals surface area contributed by atoms with Gasteiger partial charge in [0.05, 0.1) is 24.0 Å². The van der Waals surface area contributed by atoms with Crippen LogP contribution >= 0.6 is 0 Å². The van der Waals surface area contributed by atoms with Gasteiger partial charge in [-0.2, -0.15) is 0 Å². The largest absolute Gasteiger partial charge is 0.481 e. The monoisotopic (exact) mass is 238 g/mol. The van der Waals surface area contributed by atoms with Crippen molar-refractivity contribution in [2.75, 3.05) is 18.9 Å². The molecule has 0 aliphatic carbocycles. The Bertz CT molecular complexity index is 396. The molecule has 7 nitrogen and oxygen atoms in total. The number of aromatic nitrogens is 2. The van der Waals surface area contributed by atoms with Crippen LogP contribution in [0.3, 0.4) is 0 Å². The van der Waals surface area contributed by atoms with Gasteiger partial charge in [-0.1, -0.05) is 6.92 Å². The highest BCUT2D eigenvalue weighted by molar-refractivity contribution is 5.89. The first-order valence-electron chi connectivity index (χ1n) is 5.00. The van der Waals surface area contributed by atoms with E-state index in [1.54, 1.807) is 0 Å². The third-order valence-electron chi connectivity index (χ3n) is 2.13. The maximum absolute atomic E-state index is 11.6. The number of hydrogen-bond acceptors (Lipinski definition) is 4. The molecule has 2 N–H and O–H groups in total. The van der Waals surface area contributed by atoms with Crippen LogP contribution in [0.15, 0.2) is 18.7 Å².